The van der Waals surface area contributed by atoms with Gasteiger partial charge in [-0.2, -0.15) is 0 Å². The number of ether oxygens (including phenoxy) is 1. The normalized spacial score (nSPS) is 13.0. The fraction of sp³-hybridized carbons (Fsp3) is 0.429. The molecule has 2 heterocycles. The highest BCUT2D eigenvalue weighted by Gasteiger charge is 2.25. The summed E-state index contributed by atoms with van der Waals surface area (Å²) in [6, 6.07) is 6.89. The van der Waals surface area contributed by atoms with Crippen LogP contribution in [0.15, 0.2) is 30.5 Å². The zero-order valence-electron chi connectivity index (χ0n) is 16.1. The van der Waals surface area contributed by atoms with Gasteiger partial charge in [-0.15, -0.1) is 0 Å². The maximum atomic E-state index is 12.5. The highest BCUT2D eigenvalue weighted by atomic mass is 16.5. The Bertz CT molecular complexity index is 831. The molecule has 6 nitrogen and oxygen atoms in total. The molecule has 0 radical (unpaired) electrons. The van der Waals surface area contributed by atoms with Crippen LogP contribution < -0.4 is 4.74 Å². The Morgan fingerprint density at radius 1 is 1.19 bits per heavy atom. The van der Waals surface area contributed by atoms with Gasteiger partial charge in [-0.3, -0.25) is 9.59 Å². The Kier molecular flexibility index (Phi) is 5.84. The zero-order chi connectivity index (χ0) is 19.4. The van der Waals surface area contributed by atoms with Gasteiger partial charge >= 0.3 is 0 Å². The van der Waals surface area contributed by atoms with Crippen LogP contribution in [-0.2, 0) is 24.3 Å². The number of carbonyl (C=O) groups excluding carboxylic acids is 2. The van der Waals surface area contributed by atoms with Crippen LogP contribution in [0.1, 0.15) is 54.6 Å². The smallest absolute Gasteiger partial charge is 0.261 e. The third kappa shape index (κ3) is 4.70. The highest BCUT2D eigenvalue weighted by molar-refractivity contribution is 5.95. The lowest BCUT2D eigenvalue weighted by Gasteiger charge is -2.15. The second kappa shape index (κ2) is 8.29. The molecule has 2 aromatic rings. The first-order valence-electron chi connectivity index (χ1n) is 9.33. The molecule has 1 aliphatic rings. The van der Waals surface area contributed by atoms with Crippen molar-refractivity contribution in [3.8, 4) is 5.75 Å². The van der Waals surface area contributed by atoms with Crippen LogP contribution in [0.25, 0.3) is 0 Å². The number of rotatable bonds is 7. The molecular formula is C21H25N3O3. The monoisotopic (exact) mass is 367 g/mol. The van der Waals surface area contributed by atoms with Gasteiger partial charge in [0.05, 0.1) is 12.2 Å². The Labute approximate surface area is 159 Å². The van der Waals surface area contributed by atoms with Crippen molar-refractivity contribution in [3.05, 3.63) is 53.1 Å². The first kappa shape index (κ1) is 19.0. The second-order valence-electron chi connectivity index (χ2n) is 7.20. The molecule has 0 fully saturated rings. The first-order chi connectivity index (χ1) is 13.0. The Morgan fingerprint density at radius 2 is 1.93 bits per heavy atom. The van der Waals surface area contributed by atoms with E-state index in [1.807, 2.05) is 13.1 Å². The zero-order valence-corrected chi connectivity index (χ0v) is 16.1. The third-order valence-electron chi connectivity index (χ3n) is 4.51. The summed E-state index contributed by atoms with van der Waals surface area (Å²) < 4.78 is 5.59. The van der Waals surface area contributed by atoms with Crippen LogP contribution in [0.4, 0.5) is 0 Å². The molecule has 1 aromatic heterocycles. The van der Waals surface area contributed by atoms with Gasteiger partial charge in [-0.1, -0.05) is 20.8 Å². The van der Waals surface area contributed by atoms with E-state index < -0.39 is 0 Å². The largest absolute Gasteiger partial charge is 0.484 e. The predicted octanol–water partition coefficient (Wildman–Crippen LogP) is 3.19. The van der Waals surface area contributed by atoms with E-state index in [1.165, 1.54) is 0 Å². The number of carbonyl (C=O) groups is 2. The van der Waals surface area contributed by atoms with Crippen LogP contribution in [-0.4, -0.2) is 33.2 Å². The maximum absolute atomic E-state index is 12.5. The average molecular weight is 367 g/mol. The minimum atomic E-state index is -0.0906. The van der Waals surface area contributed by atoms with Crippen molar-refractivity contribution in [3.63, 3.8) is 0 Å². The van der Waals surface area contributed by atoms with Gasteiger partial charge in [0.15, 0.2) is 12.4 Å². The van der Waals surface area contributed by atoms with Gasteiger partial charge in [0.25, 0.3) is 5.91 Å². The number of fused-ring (bicyclic) bond motifs is 1. The van der Waals surface area contributed by atoms with Crippen molar-refractivity contribution in [1.82, 2.24) is 14.9 Å². The van der Waals surface area contributed by atoms with Crippen molar-refractivity contribution < 1.29 is 14.3 Å². The number of nitrogens with zero attached hydrogens (tertiary/aromatic N) is 3. The molecule has 0 N–H and O–H groups in total. The van der Waals surface area contributed by atoms with Crippen molar-refractivity contribution in [2.24, 2.45) is 5.92 Å². The molecule has 0 aliphatic carbocycles. The fourth-order valence-corrected chi connectivity index (χ4v) is 3.01. The summed E-state index contributed by atoms with van der Waals surface area (Å²) >= 11 is 0. The van der Waals surface area contributed by atoms with E-state index in [2.05, 4.69) is 23.8 Å². The number of aromatic nitrogens is 2. The summed E-state index contributed by atoms with van der Waals surface area (Å²) in [6.45, 7) is 7.07. The molecule has 0 bridgehead atoms. The molecule has 0 spiro atoms. The van der Waals surface area contributed by atoms with Crippen molar-refractivity contribution in [2.45, 2.75) is 46.7 Å². The van der Waals surface area contributed by atoms with E-state index in [9.17, 15) is 9.59 Å². The van der Waals surface area contributed by atoms with Crippen LogP contribution >= 0.6 is 0 Å². The average Bonchev–Trinajstić information content (AvgIpc) is 3.09. The minimum Gasteiger partial charge on any atom is -0.484 e. The first-order valence-corrected chi connectivity index (χ1v) is 9.33. The molecule has 27 heavy (non-hydrogen) atoms. The van der Waals surface area contributed by atoms with E-state index >= 15 is 0 Å². The van der Waals surface area contributed by atoms with E-state index in [-0.39, 0.29) is 18.3 Å². The van der Waals surface area contributed by atoms with Gasteiger partial charge < -0.3 is 9.64 Å². The van der Waals surface area contributed by atoms with Crippen molar-refractivity contribution >= 4 is 11.7 Å². The molecule has 1 amide bonds. The molecule has 1 aromatic carbocycles. The molecule has 0 unspecified atom stereocenters. The van der Waals surface area contributed by atoms with Gasteiger partial charge in [0.1, 0.15) is 11.6 Å². The number of benzene rings is 1. The van der Waals surface area contributed by atoms with E-state index in [0.717, 1.165) is 23.5 Å². The quantitative estimate of drug-likeness (QED) is 0.703. The molecule has 3 rings (SSSR count). The summed E-state index contributed by atoms with van der Waals surface area (Å²) in [5, 5.41) is 0. The Morgan fingerprint density at radius 3 is 2.59 bits per heavy atom. The number of amides is 1. The second-order valence-corrected chi connectivity index (χ2v) is 7.20. The fourth-order valence-electron chi connectivity index (χ4n) is 3.01. The Balaban J connectivity index is 1.55. The molecule has 0 atom stereocenters. The van der Waals surface area contributed by atoms with Gasteiger partial charge in [0.2, 0.25) is 0 Å². The summed E-state index contributed by atoms with van der Waals surface area (Å²) in [7, 11) is 0. The predicted molar refractivity (Wildman–Crippen MR) is 101 cm³/mol. The maximum Gasteiger partial charge on any atom is 0.261 e. The van der Waals surface area contributed by atoms with Crippen molar-refractivity contribution in [2.75, 3.05) is 6.61 Å². The van der Waals surface area contributed by atoms with Crippen molar-refractivity contribution in [1.29, 1.82) is 0 Å². The van der Waals surface area contributed by atoms with E-state index in [1.54, 1.807) is 29.2 Å². The molecule has 0 saturated carbocycles. The summed E-state index contributed by atoms with van der Waals surface area (Å²) in [6.07, 6.45) is 3.13. The van der Waals surface area contributed by atoms with Crippen LogP contribution in [0.2, 0.25) is 0 Å². The SMILES string of the molecule is CCC(=O)c1ccc(OCC(=O)N2Cc3cnc(CC(C)C)nc3C2)cc1. The summed E-state index contributed by atoms with van der Waals surface area (Å²) in [5.74, 6) is 1.90. The molecular weight excluding hydrogens is 342 g/mol. The van der Waals surface area contributed by atoms with E-state index in [4.69, 9.17) is 4.74 Å². The molecule has 6 heteroatoms. The van der Waals surface area contributed by atoms with Crippen LogP contribution in [0, 0.1) is 5.92 Å². The van der Waals surface area contributed by atoms with Crippen LogP contribution in [0.3, 0.4) is 0 Å². The van der Waals surface area contributed by atoms with E-state index in [0.29, 0.717) is 36.7 Å². The number of Topliss-reactive ketones (excluding diaryl/α,β-unsaturated/α-hetero) is 1. The Hall–Kier alpha value is -2.76. The van der Waals surface area contributed by atoms with Gasteiger partial charge in [0, 0.05) is 36.7 Å². The lowest BCUT2D eigenvalue weighted by molar-refractivity contribution is -0.134. The number of hydrogen-bond acceptors (Lipinski definition) is 5. The minimum absolute atomic E-state index is 0.0403. The molecule has 142 valence electrons. The summed E-state index contributed by atoms with van der Waals surface area (Å²) in [5.41, 5.74) is 2.58. The molecule has 1 aliphatic heterocycles. The highest BCUT2D eigenvalue weighted by Crippen LogP contribution is 2.21. The lowest BCUT2D eigenvalue weighted by atomic mass is 10.1. The summed E-state index contributed by atoms with van der Waals surface area (Å²) in [4.78, 5) is 34.8. The number of hydrogen-bond donors (Lipinski definition) is 0. The third-order valence-corrected chi connectivity index (χ3v) is 4.51. The lowest BCUT2D eigenvalue weighted by Crippen LogP contribution is -2.30. The van der Waals surface area contributed by atoms with Crippen LogP contribution in [0.5, 0.6) is 5.75 Å². The standard InChI is InChI=1S/C21H25N3O3/c1-4-19(25)15-5-7-17(8-6-15)27-13-21(26)24-11-16-10-22-20(9-14(2)3)23-18(16)12-24/h5-8,10,14H,4,9,11-13H2,1-3H3. The molecule has 0 saturated heterocycles. The van der Waals surface area contributed by atoms with Gasteiger partial charge in [-0.05, 0) is 30.2 Å². The topological polar surface area (TPSA) is 72.4 Å². The van der Waals surface area contributed by atoms with Gasteiger partial charge in [-0.25, -0.2) is 9.97 Å². The number of ketones is 1.